The first-order valence-electron chi connectivity index (χ1n) is 3.25. The second kappa shape index (κ2) is 4.11. The molecule has 1 amide bonds. The molecule has 0 aromatic heterocycles. The molecule has 0 saturated heterocycles. The van der Waals surface area contributed by atoms with Crippen molar-refractivity contribution in [3.8, 4) is 0 Å². The van der Waals surface area contributed by atoms with Gasteiger partial charge in [-0.1, -0.05) is 6.92 Å². The van der Waals surface area contributed by atoms with Crippen LogP contribution in [0.5, 0.6) is 0 Å². The lowest BCUT2D eigenvalue weighted by molar-refractivity contribution is 0.131. The number of amides is 1. The Kier molecular flexibility index (Phi) is 3.79. The SMILES string of the molecule is CC[C@H](NC(=O)O)C(C)O. The summed E-state index contributed by atoms with van der Waals surface area (Å²) in [6, 6.07) is -0.350. The van der Waals surface area contributed by atoms with Crippen LogP contribution in [0, 0.1) is 0 Å². The first-order valence-corrected chi connectivity index (χ1v) is 3.25. The van der Waals surface area contributed by atoms with Gasteiger partial charge in [0.15, 0.2) is 0 Å². The Bertz CT molecular complexity index is 114. The summed E-state index contributed by atoms with van der Waals surface area (Å²) in [6.45, 7) is 3.37. The van der Waals surface area contributed by atoms with Gasteiger partial charge in [0.25, 0.3) is 0 Å². The van der Waals surface area contributed by atoms with Gasteiger partial charge in [0.2, 0.25) is 0 Å². The van der Waals surface area contributed by atoms with E-state index in [-0.39, 0.29) is 6.04 Å². The van der Waals surface area contributed by atoms with E-state index in [9.17, 15) is 4.79 Å². The molecule has 0 saturated carbocycles. The minimum Gasteiger partial charge on any atom is -0.465 e. The van der Waals surface area contributed by atoms with Gasteiger partial charge in [-0.15, -0.1) is 0 Å². The molecule has 0 aromatic carbocycles. The lowest BCUT2D eigenvalue weighted by atomic mass is 10.1. The largest absolute Gasteiger partial charge is 0.465 e. The third-order valence-corrected chi connectivity index (χ3v) is 1.33. The van der Waals surface area contributed by atoms with E-state index in [1.807, 2.05) is 6.92 Å². The second-order valence-electron chi connectivity index (χ2n) is 2.20. The van der Waals surface area contributed by atoms with Gasteiger partial charge < -0.3 is 15.5 Å². The summed E-state index contributed by atoms with van der Waals surface area (Å²) >= 11 is 0. The van der Waals surface area contributed by atoms with Crippen molar-refractivity contribution in [3.63, 3.8) is 0 Å². The zero-order chi connectivity index (χ0) is 8.15. The Morgan fingerprint density at radius 3 is 2.30 bits per heavy atom. The summed E-state index contributed by atoms with van der Waals surface area (Å²) in [5, 5.41) is 19.4. The summed E-state index contributed by atoms with van der Waals surface area (Å²) in [5.74, 6) is 0. The number of carboxylic acid groups (broad SMARTS) is 1. The van der Waals surface area contributed by atoms with Crippen molar-refractivity contribution in [2.24, 2.45) is 0 Å². The van der Waals surface area contributed by atoms with Crippen LogP contribution in [-0.4, -0.2) is 28.5 Å². The molecule has 10 heavy (non-hydrogen) atoms. The van der Waals surface area contributed by atoms with Crippen LogP contribution in [0.1, 0.15) is 20.3 Å². The molecule has 0 fully saturated rings. The molecule has 4 nitrogen and oxygen atoms in total. The zero-order valence-electron chi connectivity index (χ0n) is 6.16. The highest BCUT2D eigenvalue weighted by Crippen LogP contribution is 1.96. The third-order valence-electron chi connectivity index (χ3n) is 1.33. The van der Waals surface area contributed by atoms with Gasteiger partial charge in [-0.3, -0.25) is 0 Å². The fraction of sp³-hybridized carbons (Fsp3) is 0.833. The predicted molar refractivity (Wildman–Crippen MR) is 36.9 cm³/mol. The van der Waals surface area contributed by atoms with Gasteiger partial charge in [0, 0.05) is 0 Å². The number of carbonyl (C=O) groups is 1. The average Bonchev–Trinajstić information content (AvgIpc) is 1.81. The van der Waals surface area contributed by atoms with E-state index < -0.39 is 12.2 Å². The number of nitrogens with one attached hydrogen (secondary N) is 1. The van der Waals surface area contributed by atoms with Crippen molar-refractivity contribution in [1.29, 1.82) is 0 Å². The normalized spacial score (nSPS) is 15.9. The minimum absolute atomic E-state index is 0.350. The van der Waals surface area contributed by atoms with Crippen LogP contribution >= 0.6 is 0 Å². The molecule has 0 aliphatic carbocycles. The summed E-state index contributed by atoms with van der Waals surface area (Å²) in [6.07, 6.45) is -1.11. The molecule has 0 aromatic rings. The van der Waals surface area contributed by atoms with Crippen molar-refractivity contribution in [1.82, 2.24) is 5.32 Å². The third kappa shape index (κ3) is 3.29. The van der Waals surface area contributed by atoms with E-state index in [1.165, 1.54) is 0 Å². The van der Waals surface area contributed by atoms with E-state index in [1.54, 1.807) is 6.92 Å². The Labute approximate surface area is 59.9 Å². The summed E-state index contributed by atoms with van der Waals surface area (Å²) in [4.78, 5) is 10.1. The zero-order valence-corrected chi connectivity index (χ0v) is 6.16. The second-order valence-corrected chi connectivity index (χ2v) is 2.20. The van der Waals surface area contributed by atoms with Crippen LogP contribution in [0.15, 0.2) is 0 Å². The van der Waals surface area contributed by atoms with Crippen molar-refractivity contribution < 1.29 is 15.0 Å². The Morgan fingerprint density at radius 2 is 2.20 bits per heavy atom. The van der Waals surface area contributed by atoms with Crippen LogP contribution in [0.25, 0.3) is 0 Å². The monoisotopic (exact) mass is 147 g/mol. The summed E-state index contributed by atoms with van der Waals surface area (Å²) in [5.41, 5.74) is 0. The van der Waals surface area contributed by atoms with Gasteiger partial charge in [0.1, 0.15) is 0 Å². The molecular weight excluding hydrogens is 134 g/mol. The van der Waals surface area contributed by atoms with Gasteiger partial charge in [-0.2, -0.15) is 0 Å². The van der Waals surface area contributed by atoms with E-state index in [2.05, 4.69) is 5.32 Å². The maximum absolute atomic E-state index is 10.1. The van der Waals surface area contributed by atoms with Gasteiger partial charge in [-0.05, 0) is 13.3 Å². The summed E-state index contributed by atoms with van der Waals surface area (Å²) in [7, 11) is 0. The highest BCUT2D eigenvalue weighted by Gasteiger charge is 2.13. The van der Waals surface area contributed by atoms with Gasteiger partial charge >= 0.3 is 6.09 Å². The van der Waals surface area contributed by atoms with E-state index in [0.717, 1.165) is 0 Å². The average molecular weight is 147 g/mol. The Balaban J connectivity index is 3.71. The number of aliphatic hydroxyl groups excluding tert-OH is 1. The summed E-state index contributed by atoms with van der Waals surface area (Å²) < 4.78 is 0. The molecule has 0 bridgehead atoms. The molecule has 2 atom stereocenters. The fourth-order valence-corrected chi connectivity index (χ4v) is 0.722. The molecule has 0 rings (SSSR count). The molecule has 0 spiro atoms. The Hall–Kier alpha value is -0.770. The van der Waals surface area contributed by atoms with Gasteiger partial charge in [-0.25, -0.2) is 4.79 Å². The minimum atomic E-state index is -1.09. The van der Waals surface area contributed by atoms with Crippen molar-refractivity contribution >= 4 is 6.09 Å². The fourth-order valence-electron chi connectivity index (χ4n) is 0.722. The standard InChI is InChI=1S/C6H13NO3/c1-3-5(4(2)8)7-6(9)10/h4-5,7-8H,3H2,1-2H3,(H,9,10)/t4?,5-/m0/s1. The molecule has 4 heteroatoms. The lowest BCUT2D eigenvalue weighted by Gasteiger charge is -2.16. The highest BCUT2D eigenvalue weighted by molar-refractivity contribution is 5.64. The van der Waals surface area contributed by atoms with Crippen LogP contribution in [0.2, 0.25) is 0 Å². The molecule has 60 valence electrons. The van der Waals surface area contributed by atoms with Crippen molar-refractivity contribution in [2.45, 2.75) is 32.4 Å². The first-order chi connectivity index (χ1) is 4.57. The Morgan fingerprint density at radius 1 is 1.70 bits per heavy atom. The quantitative estimate of drug-likeness (QED) is 0.541. The van der Waals surface area contributed by atoms with Crippen LogP contribution in [0.3, 0.4) is 0 Å². The maximum Gasteiger partial charge on any atom is 0.404 e. The predicted octanol–water partition coefficient (Wildman–Crippen LogP) is 0.413. The van der Waals surface area contributed by atoms with Crippen LogP contribution < -0.4 is 5.32 Å². The number of hydrogen-bond acceptors (Lipinski definition) is 2. The molecule has 0 radical (unpaired) electrons. The van der Waals surface area contributed by atoms with Crippen LogP contribution in [0.4, 0.5) is 4.79 Å². The van der Waals surface area contributed by atoms with E-state index in [4.69, 9.17) is 10.2 Å². The topological polar surface area (TPSA) is 69.6 Å². The number of aliphatic hydroxyl groups is 1. The van der Waals surface area contributed by atoms with Crippen molar-refractivity contribution in [3.05, 3.63) is 0 Å². The number of rotatable bonds is 3. The highest BCUT2D eigenvalue weighted by atomic mass is 16.4. The lowest BCUT2D eigenvalue weighted by Crippen LogP contribution is -2.40. The first kappa shape index (κ1) is 9.23. The molecule has 0 aliphatic heterocycles. The van der Waals surface area contributed by atoms with E-state index >= 15 is 0 Å². The smallest absolute Gasteiger partial charge is 0.404 e. The molecule has 0 aliphatic rings. The number of hydrogen-bond donors (Lipinski definition) is 3. The molecule has 3 N–H and O–H groups in total. The van der Waals surface area contributed by atoms with Crippen LogP contribution in [-0.2, 0) is 0 Å². The molecule has 1 unspecified atom stereocenters. The maximum atomic E-state index is 10.1. The van der Waals surface area contributed by atoms with Gasteiger partial charge in [0.05, 0.1) is 12.1 Å². The van der Waals surface area contributed by atoms with E-state index in [0.29, 0.717) is 6.42 Å². The molecular formula is C6H13NO3. The molecule has 0 heterocycles. The van der Waals surface area contributed by atoms with Crippen molar-refractivity contribution in [2.75, 3.05) is 0 Å².